The Bertz CT molecular complexity index is 30.7. The van der Waals surface area contributed by atoms with E-state index in [0.717, 1.165) is 5.54 Å². The number of nitrogens with one attached hydrogen (secondary N) is 1. The Labute approximate surface area is 34.9 Å². The molecule has 0 aliphatic rings. The minimum Gasteiger partial charge on any atom is -0.393 e. The summed E-state index contributed by atoms with van der Waals surface area (Å²) in [4.78, 5) is 0. The summed E-state index contributed by atoms with van der Waals surface area (Å²) in [7, 11) is 0. The van der Waals surface area contributed by atoms with Gasteiger partial charge in [0, 0.05) is 0 Å². The molecule has 0 radical (unpaired) electrons. The van der Waals surface area contributed by atoms with Crippen LogP contribution in [0.25, 0.3) is 0 Å². The van der Waals surface area contributed by atoms with Crippen LogP contribution >= 0.6 is 0 Å². The molecule has 0 aliphatic carbocycles. The fraction of sp³-hybridized carbons (Fsp3) is 1.00. The molecule has 0 fully saturated rings. The maximum absolute atomic E-state index is 10.9. The summed E-state index contributed by atoms with van der Waals surface area (Å²) in [5.74, 6) is 0. The average molecular weight is 94.1 g/mol. The summed E-state index contributed by atoms with van der Waals surface area (Å²) in [6.07, 6.45) is -0.926. The Morgan fingerprint density at radius 1 is 2.00 bits per heavy atom. The smallest absolute Gasteiger partial charge is 0.107 e. The van der Waals surface area contributed by atoms with Gasteiger partial charge in [0.25, 0.3) is 0 Å². The zero-order chi connectivity index (χ0) is 4.99. The predicted molar refractivity (Wildman–Crippen MR) is 19.3 cm³/mol. The van der Waals surface area contributed by atoms with Crippen LogP contribution in [0.2, 0.25) is 0 Å². The van der Waals surface area contributed by atoms with Crippen molar-refractivity contribution in [2.45, 2.75) is 6.17 Å². The number of aliphatic hydroxyl groups is 1. The standard InChI is InChI=1S/C2H7FN2O/c3-5-2(4)1-6/h2,5-6H,1,4H2. The van der Waals surface area contributed by atoms with Crippen LogP contribution in [0.3, 0.4) is 0 Å². The van der Waals surface area contributed by atoms with Crippen molar-refractivity contribution in [2.75, 3.05) is 6.61 Å². The fourth-order valence-corrected chi connectivity index (χ4v) is 0.0345. The van der Waals surface area contributed by atoms with E-state index in [2.05, 4.69) is 0 Å². The number of hydrogen-bond donors (Lipinski definition) is 3. The van der Waals surface area contributed by atoms with Gasteiger partial charge in [-0.25, -0.2) is 0 Å². The first kappa shape index (κ1) is 5.81. The summed E-state index contributed by atoms with van der Waals surface area (Å²) in [5.41, 5.74) is 5.88. The Morgan fingerprint density at radius 3 is 2.50 bits per heavy atom. The van der Waals surface area contributed by atoms with E-state index in [1.54, 1.807) is 0 Å². The van der Waals surface area contributed by atoms with E-state index in [1.807, 2.05) is 0 Å². The normalized spacial score (nSPS) is 14.5. The van der Waals surface area contributed by atoms with Gasteiger partial charge in [-0.05, 0) is 0 Å². The molecule has 0 heterocycles. The molecule has 3 nitrogen and oxygen atoms in total. The van der Waals surface area contributed by atoms with E-state index < -0.39 is 6.17 Å². The molecule has 0 aromatic rings. The topological polar surface area (TPSA) is 58.3 Å². The zero-order valence-corrected chi connectivity index (χ0v) is 3.19. The minimum absolute atomic E-state index is 0.378. The molecule has 1 atom stereocenters. The van der Waals surface area contributed by atoms with Gasteiger partial charge in [-0.1, -0.05) is 0 Å². The van der Waals surface area contributed by atoms with Gasteiger partial charge in [0.15, 0.2) is 0 Å². The van der Waals surface area contributed by atoms with Crippen molar-refractivity contribution in [3.8, 4) is 0 Å². The third-order valence-electron chi connectivity index (χ3n) is 0.337. The van der Waals surface area contributed by atoms with Crippen molar-refractivity contribution in [3.05, 3.63) is 0 Å². The van der Waals surface area contributed by atoms with Gasteiger partial charge in [0.05, 0.1) is 6.61 Å². The van der Waals surface area contributed by atoms with Crippen molar-refractivity contribution in [1.29, 1.82) is 0 Å². The van der Waals surface area contributed by atoms with E-state index in [-0.39, 0.29) is 6.61 Å². The second-order valence-corrected chi connectivity index (χ2v) is 0.898. The number of nitrogens with two attached hydrogens (primary N) is 1. The molecule has 0 aromatic carbocycles. The monoisotopic (exact) mass is 94.1 g/mol. The van der Waals surface area contributed by atoms with E-state index >= 15 is 0 Å². The van der Waals surface area contributed by atoms with Crippen molar-refractivity contribution in [2.24, 2.45) is 5.73 Å². The van der Waals surface area contributed by atoms with Crippen LogP contribution in [0, 0.1) is 0 Å². The summed E-state index contributed by atoms with van der Waals surface area (Å²) in [5, 5.41) is 7.91. The molecular formula is C2H7FN2O. The molecule has 0 saturated carbocycles. The van der Waals surface area contributed by atoms with Crippen molar-refractivity contribution in [3.63, 3.8) is 0 Å². The third kappa shape index (κ3) is 2.07. The molecule has 0 saturated heterocycles. The first-order valence-corrected chi connectivity index (χ1v) is 1.54. The Kier molecular flexibility index (Phi) is 2.92. The van der Waals surface area contributed by atoms with Gasteiger partial charge >= 0.3 is 0 Å². The van der Waals surface area contributed by atoms with Crippen LogP contribution in [0.4, 0.5) is 4.48 Å². The molecule has 0 aliphatic heterocycles. The molecule has 6 heavy (non-hydrogen) atoms. The molecule has 0 aromatic heterocycles. The molecule has 4 N–H and O–H groups in total. The van der Waals surface area contributed by atoms with E-state index in [9.17, 15) is 4.48 Å². The molecular weight excluding hydrogens is 87.0 g/mol. The van der Waals surface area contributed by atoms with Crippen LogP contribution in [0.1, 0.15) is 0 Å². The molecule has 0 amide bonds. The SMILES string of the molecule is NC(CO)NF. The highest BCUT2D eigenvalue weighted by atomic mass is 19.2. The van der Waals surface area contributed by atoms with Gasteiger partial charge in [-0.15, -0.1) is 10.0 Å². The van der Waals surface area contributed by atoms with Crippen LogP contribution in [0.5, 0.6) is 0 Å². The highest BCUT2D eigenvalue weighted by Gasteiger charge is 1.91. The van der Waals surface area contributed by atoms with Gasteiger partial charge < -0.3 is 10.8 Å². The summed E-state index contributed by atoms with van der Waals surface area (Å²) in [6.45, 7) is -0.378. The van der Waals surface area contributed by atoms with Crippen molar-refractivity contribution >= 4 is 0 Å². The van der Waals surface area contributed by atoms with E-state index in [0.29, 0.717) is 0 Å². The van der Waals surface area contributed by atoms with E-state index in [1.165, 1.54) is 0 Å². The minimum atomic E-state index is -0.926. The first-order valence-electron chi connectivity index (χ1n) is 1.54. The largest absolute Gasteiger partial charge is 0.393 e. The molecule has 1 unspecified atom stereocenters. The number of rotatable bonds is 2. The lowest BCUT2D eigenvalue weighted by Crippen LogP contribution is -2.35. The van der Waals surface area contributed by atoms with Crippen LogP contribution in [-0.4, -0.2) is 17.9 Å². The predicted octanol–water partition coefficient (Wildman–Crippen LogP) is -1.26. The first-order chi connectivity index (χ1) is 2.81. The lowest BCUT2D eigenvalue weighted by Gasteiger charge is -1.97. The van der Waals surface area contributed by atoms with Gasteiger partial charge in [-0.3, -0.25) is 0 Å². The fourth-order valence-electron chi connectivity index (χ4n) is 0.0345. The Morgan fingerprint density at radius 2 is 2.50 bits per heavy atom. The lowest BCUT2D eigenvalue weighted by atomic mass is 10.6. The quantitative estimate of drug-likeness (QED) is 0.295. The van der Waals surface area contributed by atoms with Gasteiger partial charge in [0.2, 0.25) is 0 Å². The molecule has 0 bridgehead atoms. The lowest BCUT2D eigenvalue weighted by molar-refractivity contribution is 0.180. The summed E-state index contributed by atoms with van der Waals surface area (Å²) < 4.78 is 10.9. The van der Waals surface area contributed by atoms with Crippen LogP contribution in [0.15, 0.2) is 0 Å². The highest BCUT2D eigenvalue weighted by Crippen LogP contribution is 1.62. The Hall–Kier alpha value is -0.190. The maximum Gasteiger partial charge on any atom is 0.107 e. The van der Waals surface area contributed by atoms with Crippen molar-refractivity contribution in [1.82, 2.24) is 5.54 Å². The molecule has 0 rings (SSSR count). The maximum atomic E-state index is 10.9. The number of halogens is 1. The second kappa shape index (κ2) is 3.02. The van der Waals surface area contributed by atoms with Gasteiger partial charge in [0.1, 0.15) is 6.17 Å². The van der Waals surface area contributed by atoms with Crippen LogP contribution in [-0.2, 0) is 0 Å². The average Bonchev–Trinajstić information content (AvgIpc) is 1.65. The Balaban J connectivity index is 2.75. The number of hydrogen-bond acceptors (Lipinski definition) is 3. The zero-order valence-electron chi connectivity index (χ0n) is 3.19. The third-order valence-corrected chi connectivity index (χ3v) is 0.337. The second-order valence-electron chi connectivity index (χ2n) is 0.898. The van der Waals surface area contributed by atoms with Crippen molar-refractivity contribution < 1.29 is 9.59 Å². The van der Waals surface area contributed by atoms with Gasteiger partial charge in [-0.2, -0.15) is 0 Å². The summed E-state index contributed by atoms with van der Waals surface area (Å²) >= 11 is 0. The molecule has 38 valence electrons. The number of aliphatic hydroxyl groups excluding tert-OH is 1. The van der Waals surface area contributed by atoms with Crippen LogP contribution < -0.4 is 11.3 Å². The molecule has 4 heteroatoms. The van der Waals surface area contributed by atoms with E-state index in [4.69, 9.17) is 10.8 Å². The molecule has 0 spiro atoms. The highest BCUT2D eigenvalue weighted by molar-refractivity contribution is 4.43. The summed E-state index contributed by atoms with van der Waals surface area (Å²) in [6, 6.07) is 0.